The minimum Gasteiger partial charge on any atom is -0.496 e. The second-order valence-corrected chi connectivity index (χ2v) is 5.84. The van der Waals surface area contributed by atoms with Crippen LogP contribution in [0.5, 0.6) is 11.5 Å². The van der Waals surface area contributed by atoms with Crippen molar-refractivity contribution in [2.45, 2.75) is 26.3 Å². The van der Waals surface area contributed by atoms with Crippen LogP contribution >= 0.6 is 0 Å². The van der Waals surface area contributed by atoms with Crippen LogP contribution in [0.25, 0.3) is 0 Å². The molecule has 2 rings (SSSR count). The van der Waals surface area contributed by atoms with E-state index in [0.717, 1.165) is 16.9 Å². The van der Waals surface area contributed by atoms with Crippen molar-refractivity contribution < 1.29 is 23.8 Å². The van der Waals surface area contributed by atoms with Crippen molar-refractivity contribution in [1.29, 1.82) is 0 Å². The Bertz CT molecular complexity index is 788. The topological polar surface area (TPSA) is 73.9 Å². The maximum absolute atomic E-state index is 12.2. The summed E-state index contributed by atoms with van der Waals surface area (Å²) in [6, 6.07) is 12.9. The number of nitrogens with one attached hydrogen (secondary N) is 1. The average molecular weight is 371 g/mol. The first-order chi connectivity index (χ1) is 13.1. The molecular weight excluding hydrogens is 346 g/mol. The molecule has 0 fully saturated rings. The van der Waals surface area contributed by atoms with Crippen molar-refractivity contribution in [3.63, 3.8) is 0 Å². The van der Waals surface area contributed by atoms with E-state index in [9.17, 15) is 9.59 Å². The molecule has 0 saturated heterocycles. The first-order valence-corrected chi connectivity index (χ1v) is 8.81. The van der Waals surface area contributed by atoms with Crippen LogP contribution in [0.2, 0.25) is 0 Å². The van der Waals surface area contributed by atoms with Crippen molar-refractivity contribution in [3.05, 3.63) is 59.2 Å². The van der Waals surface area contributed by atoms with Crippen molar-refractivity contribution in [2.24, 2.45) is 0 Å². The van der Waals surface area contributed by atoms with E-state index in [0.29, 0.717) is 37.3 Å². The van der Waals surface area contributed by atoms with Crippen molar-refractivity contribution in [1.82, 2.24) is 5.32 Å². The quantitative estimate of drug-likeness (QED) is 0.686. The van der Waals surface area contributed by atoms with Gasteiger partial charge < -0.3 is 19.5 Å². The van der Waals surface area contributed by atoms with Crippen LogP contribution in [0.3, 0.4) is 0 Å². The third-order valence-corrected chi connectivity index (χ3v) is 4.05. The fourth-order valence-electron chi connectivity index (χ4n) is 2.68. The van der Waals surface area contributed by atoms with E-state index in [1.165, 1.54) is 14.2 Å². The van der Waals surface area contributed by atoms with Crippen LogP contribution < -0.4 is 14.8 Å². The molecule has 2 aromatic carbocycles. The number of benzene rings is 2. The standard InChI is InChI=1S/C21H25NO5/c1-4-27-18-8-6-5-7-16(18)10-12-20(23)22-14-15-9-11-19(25-2)17(13-15)21(24)26-3/h5-9,11,13H,4,10,12,14H2,1-3H3,(H,22,23). The summed E-state index contributed by atoms with van der Waals surface area (Å²) in [6.07, 6.45) is 0.947. The van der Waals surface area contributed by atoms with Crippen LogP contribution in [0.15, 0.2) is 42.5 Å². The lowest BCUT2D eigenvalue weighted by Gasteiger charge is -2.11. The molecule has 0 aromatic heterocycles. The number of methoxy groups -OCH3 is 2. The minimum atomic E-state index is -0.479. The van der Waals surface area contributed by atoms with E-state index in [2.05, 4.69) is 5.32 Å². The second-order valence-electron chi connectivity index (χ2n) is 5.84. The summed E-state index contributed by atoms with van der Waals surface area (Å²) < 4.78 is 15.5. The first-order valence-electron chi connectivity index (χ1n) is 8.81. The van der Waals surface area contributed by atoms with Gasteiger partial charge in [-0.2, -0.15) is 0 Å². The van der Waals surface area contributed by atoms with Gasteiger partial charge in [0.25, 0.3) is 0 Å². The predicted octanol–water partition coefficient (Wildman–Crippen LogP) is 3.13. The number of hydrogen-bond acceptors (Lipinski definition) is 5. The van der Waals surface area contributed by atoms with Gasteiger partial charge in [-0.05, 0) is 42.7 Å². The Morgan fingerprint density at radius 1 is 1.04 bits per heavy atom. The third kappa shape index (κ3) is 5.74. The van der Waals surface area contributed by atoms with E-state index in [4.69, 9.17) is 14.2 Å². The molecule has 1 N–H and O–H groups in total. The monoisotopic (exact) mass is 371 g/mol. The molecule has 144 valence electrons. The zero-order valence-electron chi connectivity index (χ0n) is 15.9. The SMILES string of the molecule is CCOc1ccccc1CCC(=O)NCc1ccc(OC)c(C(=O)OC)c1. The third-order valence-electron chi connectivity index (χ3n) is 4.05. The molecule has 0 aliphatic heterocycles. The van der Waals surface area contributed by atoms with Crippen LogP contribution in [-0.2, 0) is 22.5 Å². The zero-order chi connectivity index (χ0) is 19.6. The van der Waals surface area contributed by atoms with Gasteiger partial charge in [0.1, 0.15) is 17.1 Å². The highest BCUT2D eigenvalue weighted by Crippen LogP contribution is 2.21. The van der Waals surface area contributed by atoms with E-state index in [1.54, 1.807) is 18.2 Å². The molecule has 0 saturated carbocycles. The normalized spacial score (nSPS) is 10.2. The lowest BCUT2D eigenvalue weighted by atomic mass is 10.1. The summed E-state index contributed by atoms with van der Waals surface area (Å²) in [6.45, 7) is 2.84. The Kier molecular flexibility index (Phi) is 7.67. The van der Waals surface area contributed by atoms with Gasteiger partial charge in [-0.1, -0.05) is 24.3 Å². The highest BCUT2D eigenvalue weighted by Gasteiger charge is 2.14. The van der Waals surface area contributed by atoms with Gasteiger partial charge >= 0.3 is 5.97 Å². The highest BCUT2D eigenvalue weighted by atomic mass is 16.5. The molecule has 0 unspecified atom stereocenters. The van der Waals surface area contributed by atoms with Gasteiger partial charge in [0.15, 0.2) is 0 Å². The smallest absolute Gasteiger partial charge is 0.341 e. The maximum Gasteiger partial charge on any atom is 0.341 e. The second kappa shape index (κ2) is 10.2. The molecule has 6 heteroatoms. The van der Waals surface area contributed by atoms with Crippen molar-refractivity contribution in [3.8, 4) is 11.5 Å². The molecule has 2 aromatic rings. The zero-order valence-corrected chi connectivity index (χ0v) is 15.9. The number of para-hydroxylation sites is 1. The van der Waals surface area contributed by atoms with Gasteiger partial charge in [-0.3, -0.25) is 4.79 Å². The van der Waals surface area contributed by atoms with Crippen LogP contribution in [0.1, 0.15) is 34.8 Å². The van der Waals surface area contributed by atoms with Crippen molar-refractivity contribution >= 4 is 11.9 Å². The van der Waals surface area contributed by atoms with Crippen LogP contribution in [0.4, 0.5) is 0 Å². The van der Waals surface area contributed by atoms with Gasteiger partial charge in [-0.25, -0.2) is 4.79 Å². The molecule has 0 atom stereocenters. The number of amides is 1. The molecule has 27 heavy (non-hydrogen) atoms. The van der Waals surface area contributed by atoms with Gasteiger partial charge in [0.05, 0.1) is 20.8 Å². The summed E-state index contributed by atoms with van der Waals surface area (Å²) in [4.78, 5) is 24.0. The fraction of sp³-hybridized carbons (Fsp3) is 0.333. The molecule has 0 radical (unpaired) electrons. The largest absolute Gasteiger partial charge is 0.496 e. The molecule has 0 aliphatic carbocycles. The molecule has 0 spiro atoms. The molecular formula is C21H25NO5. The van der Waals surface area contributed by atoms with Gasteiger partial charge in [0.2, 0.25) is 5.91 Å². The number of aryl methyl sites for hydroxylation is 1. The Labute approximate surface area is 159 Å². The number of carbonyl (C=O) groups is 2. The van der Waals surface area contributed by atoms with E-state index in [-0.39, 0.29) is 5.91 Å². The number of ether oxygens (including phenoxy) is 3. The Balaban J connectivity index is 1.93. The number of rotatable bonds is 9. The first kappa shape index (κ1) is 20.3. The average Bonchev–Trinajstić information content (AvgIpc) is 2.71. The summed E-state index contributed by atoms with van der Waals surface area (Å²) in [5.74, 6) is 0.694. The maximum atomic E-state index is 12.2. The predicted molar refractivity (Wildman–Crippen MR) is 102 cm³/mol. The van der Waals surface area contributed by atoms with Crippen LogP contribution in [0, 0.1) is 0 Å². The molecule has 0 aliphatic rings. The molecule has 0 heterocycles. The minimum absolute atomic E-state index is 0.0725. The summed E-state index contributed by atoms with van der Waals surface area (Å²) in [5, 5.41) is 2.87. The molecule has 0 bridgehead atoms. The summed E-state index contributed by atoms with van der Waals surface area (Å²) >= 11 is 0. The van der Waals surface area contributed by atoms with E-state index < -0.39 is 5.97 Å². The fourth-order valence-corrected chi connectivity index (χ4v) is 2.68. The highest BCUT2D eigenvalue weighted by molar-refractivity contribution is 5.92. The number of esters is 1. The number of carbonyl (C=O) groups excluding carboxylic acids is 2. The van der Waals surface area contributed by atoms with E-state index >= 15 is 0 Å². The summed E-state index contributed by atoms with van der Waals surface area (Å²) in [5.41, 5.74) is 2.13. The van der Waals surface area contributed by atoms with Crippen LogP contribution in [-0.4, -0.2) is 32.7 Å². The molecule has 1 amide bonds. The van der Waals surface area contributed by atoms with Crippen molar-refractivity contribution in [2.75, 3.05) is 20.8 Å². The lowest BCUT2D eigenvalue weighted by molar-refractivity contribution is -0.121. The van der Waals surface area contributed by atoms with Gasteiger partial charge in [0, 0.05) is 13.0 Å². The number of hydrogen-bond donors (Lipinski definition) is 1. The Hall–Kier alpha value is -3.02. The Morgan fingerprint density at radius 3 is 2.52 bits per heavy atom. The summed E-state index contributed by atoms with van der Waals surface area (Å²) in [7, 11) is 2.81. The van der Waals surface area contributed by atoms with E-state index in [1.807, 2.05) is 31.2 Å². The molecule has 6 nitrogen and oxygen atoms in total. The Morgan fingerprint density at radius 2 is 1.81 bits per heavy atom. The van der Waals surface area contributed by atoms with Gasteiger partial charge in [-0.15, -0.1) is 0 Å². The lowest BCUT2D eigenvalue weighted by Crippen LogP contribution is -2.23.